The summed E-state index contributed by atoms with van der Waals surface area (Å²) in [6.45, 7) is 1.50. The van der Waals surface area contributed by atoms with Crippen LogP contribution in [0.2, 0.25) is 0 Å². The molecule has 2 N–H and O–H groups in total. The minimum absolute atomic E-state index is 0.295. The molecular formula is C23H24N3O. The van der Waals surface area contributed by atoms with Crippen LogP contribution in [0.25, 0.3) is 10.8 Å². The van der Waals surface area contributed by atoms with Crippen molar-refractivity contribution in [3.8, 4) is 0 Å². The van der Waals surface area contributed by atoms with Gasteiger partial charge in [-0.05, 0) is 40.6 Å². The highest BCUT2D eigenvalue weighted by Gasteiger charge is 2.31. The summed E-state index contributed by atoms with van der Waals surface area (Å²) in [7, 11) is 4.12. The van der Waals surface area contributed by atoms with Crippen LogP contribution in [0.1, 0.15) is 22.7 Å². The van der Waals surface area contributed by atoms with Gasteiger partial charge < -0.3 is 10.6 Å². The second-order valence-corrected chi connectivity index (χ2v) is 7.33. The number of anilines is 1. The third-order valence-corrected chi connectivity index (χ3v) is 5.43. The van der Waals surface area contributed by atoms with Gasteiger partial charge in [0, 0.05) is 38.3 Å². The van der Waals surface area contributed by atoms with E-state index in [0.717, 1.165) is 18.5 Å². The highest BCUT2D eigenvalue weighted by Crippen LogP contribution is 2.34. The number of primary amides is 1. The van der Waals surface area contributed by atoms with Crippen molar-refractivity contribution in [2.45, 2.75) is 19.0 Å². The number of hydrogen-bond acceptors (Lipinski definition) is 3. The number of nitrogens with zero attached hydrogens (tertiary/aromatic N) is 2. The van der Waals surface area contributed by atoms with Gasteiger partial charge in [0.2, 0.25) is 5.91 Å². The minimum atomic E-state index is -0.393. The Labute approximate surface area is 160 Å². The summed E-state index contributed by atoms with van der Waals surface area (Å²) in [5.41, 5.74) is 10.4. The molecule has 0 saturated carbocycles. The molecule has 1 unspecified atom stereocenters. The maximum absolute atomic E-state index is 12.3. The van der Waals surface area contributed by atoms with Crippen LogP contribution >= 0.6 is 0 Å². The van der Waals surface area contributed by atoms with E-state index in [1.54, 1.807) is 0 Å². The van der Waals surface area contributed by atoms with Crippen molar-refractivity contribution in [3.63, 3.8) is 0 Å². The van der Waals surface area contributed by atoms with E-state index in [1.807, 2.05) is 18.2 Å². The van der Waals surface area contributed by atoms with Crippen molar-refractivity contribution in [2.75, 3.05) is 25.5 Å². The first kappa shape index (κ1) is 17.6. The molecular weight excluding hydrogens is 334 g/mol. The molecule has 1 aliphatic rings. The fraction of sp³-hybridized carbons (Fsp3) is 0.261. The molecule has 1 amide bonds. The number of hydrogen-bond donors (Lipinski definition) is 1. The Morgan fingerprint density at radius 1 is 1.19 bits per heavy atom. The Morgan fingerprint density at radius 3 is 2.70 bits per heavy atom. The lowest BCUT2D eigenvalue weighted by atomic mass is 9.91. The van der Waals surface area contributed by atoms with Crippen molar-refractivity contribution in [1.82, 2.24) is 4.90 Å². The average Bonchev–Trinajstić information content (AvgIpc) is 2.67. The molecule has 0 aromatic heterocycles. The molecule has 0 spiro atoms. The van der Waals surface area contributed by atoms with Crippen molar-refractivity contribution >= 4 is 22.4 Å². The lowest BCUT2D eigenvalue weighted by Crippen LogP contribution is -2.42. The van der Waals surface area contributed by atoms with E-state index in [4.69, 9.17) is 5.73 Å². The maximum atomic E-state index is 12.3. The molecule has 3 aromatic carbocycles. The number of fused-ring (bicyclic) bond motifs is 2. The van der Waals surface area contributed by atoms with Crippen molar-refractivity contribution in [3.05, 3.63) is 77.4 Å². The van der Waals surface area contributed by atoms with Gasteiger partial charge in [0.15, 0.2) is 0 Å². The lowest BCUT2D eigenvalue weighted by Gasteiger charge is -2.35. The number of benzene rings is 3. The van der Waals surface area contributed by atoms with Crippen LogP contribution in [0.15, 0.2) is 54.6 Å². The summed E-state index contributed by atoms with van der Waals surface area (Å²) in [5.74, 6) is -0.295. The first-order valence-corrected chi connectivity index (χ1v) is 9.26. The number of carbonyl (C=O) groups is 1. The smallest absolute Gasteiger partial charge is 0.239 e. The van der Waals surface area contributed by atoms with Gasteiger partial charge in [0.05, 0.1) is 0 Å². The third-order valence-electron chi connectivity index (χ3n) is 5.43. The monoisotopic (exact) mass is 358 g/mol. The number of rotatable bonds is 4. The second-order valence-electron chi connectivity index (χ2n) is 7.33. The van der Waals surface area contributed by atoms with Crippen molar-refractivity contribution < 1.29 is 4.79 Å². The average molecular weight is 358 g/mol. The molecule has 0 bridgehead atoms. The molecule has 4 heteroatoms. The summed E-state index contributed by atoms with van der Waals surface area (Å²) in [6.07, 6.45) is 0.907. The highest BCUT2D eigenvalue weighted by atomic mass is 16.1. The molecule has 4 nitrogen and oxygen atoms in total. The van der Waals surface area contributed by atoms with Gasteiger partial charge in [-0.25, -0.2) is 0 Å². The molecule has 0 saturated heterocycles. The molecule has 4 rings (SSSR count). The van der Waals surface area contributed by atoms with E-state index in [-0.39, 0.29) is 5.91 Å². The Morgan fingerprint density at radius 2 is 1.96 bits per heavy atom. The van der Waals surface area contributed by atoms with Crippen LogP contribution in [0, 0.1) is 6.07 Å². The largest absolute Gasteiger partial charge is 0.377 e. The third kappa shape index (κ3) is 3.17. The van der Waals surface area contributed by atoms with E-state index >= 15 is 0 Å². The normalized spacial score (nSPS) is 16.9. The van der Waals surface area contributed by atoms with Crippen LogP contribution in [0.5, 0.6) is 0 Å². The van der Waals surface area contributed by atoms with Gasteiger partial charge in [0.1, 0.15) is 6.04 Å². The molecule has 1 aliphatic heterocycles. The zero-order chi connectivity index (χ0) is 19.0. The molecule has 1 heterocycles. The van der Waals surface area contributed by atoms with E-state index in [2.05, 4.69) is 66.4 Å². The molecule has 0 aliphatic carbocycles. The number of carbonyl (C=O) groups excluding carboxylic acids is 1. The Hall–Kier alpha value is -2.85. The van der Waals surface area contributed by atoms with Gasteiger partial charge in [-0.2, -0.15) is 0 Å². The van der Waals surface area contributed by atoms with Crippen LogP contribution in [0.3, 0.4) is 0 Å². The van der Waals surface area contributed by atoms with Crippen molar-refractivity contribution in [1.29, 1.82) is 0 Å². The van der Waals surface area contributed by atoms with Crippen LogP contribution in [-0.2, 0) is 17.8 Å². The van der Waals surface area contributed by atoms with E-state index < -0.39 is 6.04 Å². The van der Waals surface area contributed by atoms with E-state index in [1.165, 1.54) is 27.6 Å². The zero-order valence-corrected chi connectivity index (χ0v) is 15.8. The second kappa shape index (κ2) is 7.05. The summed E-state index contributed by atoms with van der Waals surface area (Å²) < 4.78 is 0. The van der Waals surface area contributed by atoms with E-state index in [9.17, 15) is 4.79 Å². The van der Waals surface area contributed by atoms with Crippen LogP contribution < -0.4 is 10.6 Å². The highest BCUT2D eigenvalue weighted by molar-refractivity contribution is 5.96. The molecule has 0 fully saturated rings. The first-order chi connectivity index (χ1) is 13.1. The fourth-order valence-corrected chi connectivity index (χ4v) is 4.15. The Kier molecular flexibility index (Phi) is 4.58. The van der Waals surface area contributed by atoms with Gasteiger partial charge >= 0.3 is 0 Å². The number of nitrogens with two attached hydrogens (primary N) is 1. The fourth-order valence-electron chi connectivity index (χ4n) is 4.15. The molecule has 27 heavy (non-hydrogen) atoms. The Bertz CT molecular complexity index is 996. The quantitative estimate of drug-likeness (QED) is 0.779. The van der Waals surface area contributed by atoms with Crippen molar-refractivity contribution in [2.24, 2.45) is 5.73 Å². The summed E-state index contributed by atoms with van der Waals surface area (Å²) in [6, 6.07) is 21.3. The topological polar surface area (TPSA) is 49.6 Å². The zero-order valence-electron chi connectivity index (χ0n) is 15.8. The standard InChI is InChI=1S/C23H24N3O/c1-25(2)21-12-11-17(18-8-5-6-10-20(18)21)15-26-14-13-16-7-3-4-9-19(16)22(26)23(24)27/h4-12,22H,13-15H2,1-2H3,(H2,24,27). The summed E-state index contributed by atoms with van der Waals surface area (Å²) in [5, 5.41) is 2.45. The van der Waals surface area contributed by atoms with Gasteiger partial charge in [0.25, 0.3) is 0 Å². The summed E-state index contributed by atoms with van der Waals surface area (Å²) in [4.78, 5) is 16.6. The lowest BCUT2D eigenvalue weighted by molar-refractivity contribution is -0.124. The Balaban J connectivity index is 1.74. The van der Waals surface area contributed by atoms with Gasteiger partial charge in [-0.15, -0.1) is 0 Å². The molecule has 1 radical (unpaired) electrons. The minimum Gasteiger partial charge on any atom is -0.377 e. The SMILES string of the molecule is CN(C)c1ccc(CN2CCc3c[c]ccc3C2C(N)=O)c2ccccc12. The van der Waals surface area contributed by atoms with E-state index in [0.29, 0.717) is 6.54 Å². The van der Waals surface area contributed by atoms with Gasteiger partial charge in [-0.1, -0.05) is 48.5 Å². The molecule has 1 atom stereocenters. The predicted octanol–water partition coefficient (Wildman–Crippen LogP) is 3.29. The van der Waals surface area contributed by atoms with Gasteiger partial charge in [-0.3, -0.25) is 9.69 Å². The van der Waals surface area contributed by atoms with Crippen LogP contribution in [0.4, 0.5) is 5.69 Å². The number of amides is 1. The summed E-state index contributed by atoms with van der Waals surface area (Å²) >= 11 is 0. The first-order valence-electron chi connectivity index (χ1n) is 9.26. The predicted molar refractivity (Wildman–Crippen MR) is 110 cm³/mol. The maximum Gasteiger partial charge on any atom is 0.239 e. The van der Waals surface area contributed by atoms with Crippen LogP contribution in [-0.4, -0.2) is 31.4 Å². The molecule has 3 aromatic rings. The molecule has 137 valence electrons.